The van der Waals surface area contributed by atoms with Crippen molar-refractivity contribution >= 4 is 30.1 Å². The molecular weight excluding hydrogens is 334 g/mol. The van der Waals surface area contributed by atoms with Crippen LogP contribution in [0.4, 0.5) is 0 Å². The molecule has 3 amide bonds. The van der Waals surface area contributed by atoms with Crippen LogP contribution in [0.2, 0.25) is 0 Å². The van der Waals surface area contributed by atoms with E-state index in [1.165, 1.54) is 4.90 Å². The lowest BCUT2D eigenvalue weighted by Gasteiger charge is -2.29. The number of amides is 3. The van der Waals surface area contributed by atoms with Gasteiger partial charge >= 0.3 is 0 Å². The maximum atomic E-state index is 12.7. The van der Waals surface area contributed by atoms with Crippen LogP contribution < -0.4 is 5.32 Å². The van der Waals surface area contributed by atoms with Crippen molar-refractivity contribution in [1.82, 2.24) is 15.1 Å². The van der Waals surface area contributed by atoms with Gasteiger partial charge in [0, 0.05) is 19.6 Å². The Balaban J connectivity index is 0.00000169. The zero-order valence-electron chi connectivity index (χ0n) is 13.8. The number of hydrogen-bond donors (Lipinski definition) is 1. The summed E-state index contributed by atoms with van der Waals surface area (Å²) < 4.78 is 5.73. The summed E-state index contributed by atoms with van der Waals surface area (Å²) in [5.41, 5.74) is 0. The van der Waals surface area contributed by atoms with E-state index < -0.39 is 6.04 Å². The molecule has 0 aromatic rings. The molecule has 4 heterocycles. The molecule has 0 aromatic carbocycles. The molecule has 5 atom stereocenters. The Kier molecular flexibility index (Phi) is 4.86. The average molecular weight is 358 g/mol. The van der Waals surface area contributed by atoms with Gasteiger partial charge in [-0.3, -0.25) is 19.3 Å². The summed E-state index contributed by atoms with van der Waals surface area (Å²) in [5, 5.41) is 3.25. The number of rotatable bonds is 2. The summed E-state index contributed by atoms with van der Waals surface area (Å²) in [7, 11) is 0. The normalized spacial score (nSPS) is 36.4. The molecule has 8 heteroatoms. The molecule has 1 N–H and O–H groups in total. The molecule has 0 radical (unpaired) electrons. The number of nitrogens with one attached hydrogen (secondary N) is 1. The molecule has 0 aliphatic carbocycles. The Morgan fingerprint density at radius 3 is 2.38 bits per heavy atom. The number of hydrogen-bond acceptors (Lipinski definition) is 5. The van der Waals surface area contributed by atoms with E-state index in [-0.39, 0.29) is 54.2 Å². The summed E-state index contributed by atoms with van der Waals surface area (Å²) in [4.78, 5) is 41.2. The van der Waals surface area contributed by atoms with Crippen molar-refractivity contribution in [3.63, 3.8) is 0 Å². The second-order valence-electron chi connectivity index (χ2n) is 6.99. The monoisotopic (exact) mass is 357 g/mol. The molecule has 4 fully saturated rings. The first-order chi connectivity index (χ1) is 11.1. The largest absolute Gasteiger partial charge is 0.373 e. The third kappa shape index (κ3) is 2.53. The zero-order valence-corrected chi connectivity index (χ0v) is 14.6. The number of halogens is 1. The molecule has 4 aliphatic rings. The third-order valence-electron chi connectivity index (χ3n) is 5.71. The summed E-state index contributed by atoms with van der Waals surface area (Å²) in [6.07, 6.45) is 2.33. The van der Waals surface area contributed by atoms with E-state index in [0.717, 1.165) is 32.4 Å². The molecule has 4 saturated heterocycles. The quantitative estimate of drug-likeness (QED) is 0.691. The fraction of sp³-hybridized carbons (Fsp3) is 0.812. The topological polar surface area (TPSA) is 79.0 Å². The van der Waals surface area contributed by atoms with Gasteiger partial charge in [-0.1, -0.05) is 0 Å². The van der Waals surface area contributed by atoms with Crippen LogP contribution in [0.5, 0.6) is 0 Å². The second kappa shape index (κ2) is 6.61. The van der Waals surface area contributed by atoms with Crippen molar-refractivity contribution in [3.8, 4) is 0 Å². The lowest BCUT2D eigenvalue weighted by atomic mass is 9.81. The number of carbonyl (C=O) groups excluding carboxylic acids is 3. The molecule has 24 heavy (non-hydrogen) atoms. The number of imide groups is 1. The number of likely N-dealkylation sites (tertiary alicyclic amines) is 1. The van der Waals surface area contributed by atoms with Gasteiger partial charge in [0.25, 0.3) is 0 Å². The summed E-state index contributed by atoms with van der Waals surface area (Å²) in [5.74, 6) is -1.25. The molecule has 0 saturated carbocycles. The molecule has 134 valence electrons. The number of nitrogens with zero attached hydrogens (tertiary/aromatic N) is 2. The number of ether oxygens (including phenoxy) is 1. The molecule has 4 rings (SSSR count). The fourth-order valence-electron chi connectivity index (χ4n) is 4.56. The van der Waals surface area contributed by atoms with Crippen molar-refractivity contribution in [2.24, 2.45) is 11.8 Å². The second-order valence-corrected chi connectivity index (χ2v) is 6.99. The van der Waals surface area contributed by atoms with Crippen molar-refractivity contribution in [2.45, 2.75) is 44.4 Å². The lowest BCUT2D eigenvalue weighted by Crippen LogP contribution is -2.51. The fourth-order valence-corrected chi connectivity index (χ4v) is 4.56. The Morgan fingerprint density at radius 1 is 1.12 bits per heavy atom. The Morgan fingerprint density at radius 2 is 1.75 bits per heavy atom. The molecule has 5 unspecified atom stereocenters. The Labute approximate surface area is 147 Å². The zero-order chi connectivity index (χ0) is 16.1. The van der Waals surface area contributed by atoms with Crippen molar-refractivity contribution in [1.29, 1.82) is 0 Å². The van der Waals surface area contributed by atoms with Crippen molar-refractivity contribution in [3.05, 3.63) is 0 Å². The minimum atomic E-state index is -0.710. The van der Waals surface area contributed by atoms with E-state index in [1.807, 2.05) is 0 Å². The highest BCUT2D eigenvalue weighted by atomic mass is 35.5. The van der Waals surface area contributed by atoms with Crippen LogP contribution in [0.1, 0.15) is 26.2 Å². The van der Waals surface area contributed by atoms with Crippen LogP contribution >= 0.6 is 12.4 Å². The lowest BCUT2D eigenvalue weighted by molar-refractivity contribution is -0.152. The standard InChI is InChI=1S/C16H23N3O4.ClH/c1-9(14(20)18-7-2-5-17-6-8-18)19-15(21)12-10-3-4-11(23-10)13(12)16(19)22;/h9-13,17H,2-8H2,1H3;1H. The first-order valence-electron chi connectivity index (χ1n) is 8.61. The summed E-state index contributed by atoms with van der Waals surface area (Å²) in [6.45, 7) is 4.63. The minimum absolute atomic E-state index is 0. The Hall–Kier alpha value is -1.18. The predicted molar refractivity (Wildman–Crippen MR) is 87.5 cm³/mol. The van der Waals surface area contributed by atoms with E-state index in [4.69, 9.17) is 4.74 Å². The Bertz CT molecular complexity index is 521. The average Bonchev–Trinajstić information content (AvgIpc) is 3.14. The minimum Gasteiger partial charge on any atom is -0.373 e. The third-order valence-corrected chi connectivity index (χ3v) is 5.71. The van der Waals surface area contributed by atoms with Crippen molar-refractivity contribution in [2.75, 3.05) is 26.2 Å². The van der Waals surface area contributed by atoms with Gasteiger partial charge in [-0.25, -0.2) is 0 Å². The number of carbonyl (C=O) groups is 3. The molecule has 2 bridgehead atoms. The smallest absolute Gasteiger partial charge is 0.245 e. The molecule has 0 spiro atoms. The van der Waals surface area contributed by atoms with Gasteiger partial charge < -0.3 is 15.0 Å². The van der Waals surface area contributed by atoms with Gasteiger partial charge in [0.15, 0.2) is 0 Å². The van der Waals surface area contributed by atoms with Gasteiger partial charge in [0.2, 0.25) is 17.7 Å². The van der Waals surface area contributed by atoms with Gasteiger partial charge in [0.1, 0.15) is 6.04 Å². The highest BCUT2D eigenvalue weighted by Gasteiger charge is 2.63. The van der Waals surface area contributed by atoms with Crippen LogP contribution in [-0.2, 0) is 19.1 Å². The van der Waals surface area contributed by atoms with E-state index in [9.17, 15) is 14.4 Å². The van der Waals surface area contributed by atoms with Gasteiger partial charge in [-0.15, -0.1) is 12.4 Å². The van der Waals surface area contributed by atoms with Crippen molar-refractivity contribution < 1.29 is 19.1 Å². The van der Waals surface area contributed by atoms with E-state index in [1.54, 1.807) is 11.8 Å². The van der Waals surface area contributed by atoms with Crippen LogP contribution in [-0.4, -0.2) is 72.0 Å². The van der Waals surface area contributed by atoms with Crippen LogP contribution in [0.15, 0.2) is 0 Å². The number of fused-ring (bicyclic) bond motifs is 5. The highest BCUT2D eigenvalue weighted by Crippen LogP contribution is 2.48. The maximum Gasteiger partial charge on any atom is 0.245 e. The first kappa shape index (κ1) is 17.6. The SMILES string of the molecule is CC(C(=O)N1CCCNCC1)N1C(=O)C2C3CCC(O3)C2C1=O.Cl. The summed E-state index contributed by atoms with van der Waals surface area (Å²) >= 11 is 0. The molecular formula is C16H24ClN3O4. The predicted octanol–water partition coefficient (Wildman–Crippen LogP) is -0.219. The molecule has 0 aromatic heterocycles. The highest BCUT2D eigenvalue weighted by molar-refractivity contribution is 6.09. The molecule has 7 nitrogen and oxygen atoms in total. The summed E-state index contributed by atoms with van der Waals surface area (Å²) in [6, 6.07) is -0.710. The van der Waals surface area contributed by atoms with E-state index in [0.29, 0.717) is 13.1 Å². The van der Waals surface area contributed by atoms with E-state index >= 15 is 0 Å². The maximum absolute atomic E-state index is 12.7. The van der Waals surface area contributed by atoms with Crippen LogP contribution in [0.3, 0.4) is 0 Å². The first-order valence-corrected chi connectivity index (χ1v) is 8.61. The van der Waals surface area contributed by atoms with Crippen LogP contribution in [0.25, 0.3) is 0 Å². The van der Waals surface area contributed by atoms with Crippen LogP contribution in [0, 0.1) is 11.8 Å². The van der Waals surface area contributed by atoms with Gasteiger partial charge in [0.05, 0.1) is 24.0 Å². The van der Waals surface area contributed by atoms with Gasteiger partial charge in [-0.05, 0) is 32.7 Å². The molecule has 4 aliphatic heterocycles. The van der Waals surface area contributed by atoms with Gasteiger partial charge in [-0.2, -0.15) is 0 Å². The van der Waals surface area contributed by atoms with E-state index in [2.05, 4.69) is 5.32 Å².